The Morgan fingerprint density at radius 3 is 2.69 bits per heavy atom. The predicted octanol–water partition coefficient (Wildman–Crippen LogP) is 4.81. The number of benzene rings is 2. The fourth-order valence-corrected chi connectivity index (χ4v) is 5.00. The van der Waals surface area contributed by atoms with E-state index in [0.29, 0.717) is 25.5 Å². The van der Waals surface area contributed by atoms with Gasteiger partial charge in [-0.1, -0.05) is 29.0 Å². The molecule has 0 spiro atoms. The van der Waals surface area contributed by atoms with Crippen LogP contribution in [0.4, 0.5) is 16.0 Å². The van der Waals surface area contributed by atoms with Crippen molar-refractivity contribution in [3.63, 3.8) is 0 Å². The van der Waals surface area contributed by atoms with E-state index < -0.39 is 15.7 Å². The summed E-state index contributed by atoms with van der Waals surface area (Å²) in [7, 11) is -3.31. The molecule has 1 amide bonds. The third-order valence-corrected chi connectivity index (χ3v) is 6.86. The summed E-state index contributed by atoms with van der Waals surface area (Å²) in [6, 6.07) is 11.9. The second kappa shape index (κ2) is 7.71. The first-order valence-electron chi connectivity index (χ1n) is 8.18. The molecular weight excluding hydrogens is 452 g/mol. The van der Waals surface area contributed by atoms with Gasteiger partial charge in [-0.2, -0.15) is 0 Å². The standard InChI is InChI=1S/C18H13ClN4O3S3/c1-29(25,26)12-5-6-13-15(8-12)28-18(21-13)23-16(24)14-9-27-17(22-14)20-11-4-2-3-10(19)7-11/h2-9H,1H3,(H,20,22)(H,21,23,24). The summed E-state index contributed by atoms with van der Waals surface area (Å²) in [5, 5.41) is 8.96. The van der Waals surface area contributed by atoms with E-state index in [1.807, 2.05) is 12.1 Å². The number of carbonyl (C=O) groups excluding carboxylic acids is 1. The van der Waals surface area contributed by atoms with Crippen LogP contribution >= 0.6 is 34.3 Å². The maximum absolute atomic E-state index is 12.5. The summed E-state index contributed by atoms with van der Waals surface area (Å²) in [5.41, 5.74) is 1.63. The number of nitrogens with zero attached hydrogens (tertiary/aromatic N) is 2. The van der Waals surface area contributed by atoms with E-state index in [9.17, 15) is 13.2 Å². The number of thiazole rings is 2. The third kappa shape index (κ3) is 4.56. The molecule has 0 fully saturated rings. The number of carbonyl (C=O) groups is 1. The molecule has 0 atom stereocenters. The summed E-state index contributed by atoms with van der Waals surface area (Å²) in [6.45, 7) is 0. The number of anilines is 3. The Morgan fingerprint density at radius 2 is 1.93 bits per heavy atom. The highest BCUT2D eigenvalue weighted by Gasteiger charge is 2.15. The molecule has 2 heterocycles. The molecule has 0 aliphatic heterocycles. The van der Waals surface area contributed by atoms with E-state index >= 15 is 0 Å². The number of rotatable bonds is 5. The Balaban J connectivity index is 1.50. The zero-order valence-electron chi connectivity index (χ0n) is 14.8. The van der Waals surface area contributed by atoms with Crippen molar-refractivity contribution in [2.45, 2.75) is 4.90 Å². The normalized spacial score (nSPS) is 11.5. The largest absolute Gasteiger partial charge is 0.331 e. The second-order valence-corrected chi connectivity index (χ2v) is 10.4. The van der Waals surface area contributed by atoms with Gasteiger partial charge < -0.3 is 5.32 Å². The van der Waals surface area contributed by atoms with E-state index in [1.165, 1.54) is 28.7 Å². The highest BCUT2D eigenvalue weighted by molar-refractivity contribution is 7.90. The lowest BCUT2D eigenvalue weighted by atomic mass is 10.3. The van der Waals surface area contributed by atoms with E-state index in [1.54, 1.807) is 29.6 Å². The summed E-state index contributed by atoms with van der Waals surface area (Å²) < 4.78 is 24.1. The van der Waals surface area contributed by atoms with Crippen LogP contribution in [0.25, 0.3) is 10.2 Å². The first-order valence-corrected chi connectivity index (χ1v) is 12.1. The number of hydrogen-bond donors (Lipinski definition) is 2. The van der Waals surface area contributed by atoms with Crippen LogP contribution in [0.15, 0.2) is 52.7 Å². The molecule has 0 aliphatic rings. The van der Waals surface area contributed by atoms with Gasteiger partial charge in [-0.3, -0.25) is 10.1 Å². The van der Waals surface area contributed by atoms with E-state index in [2.05, 4.69) is 20.6 Å². The molecule has 148 valence electrons. The number of amides is 1. The molecule has 0 aliphatic carbocycles. The van der Waals surface area contributed by atoms with Gasteiger partial charge in [0.2, 0.25) is 0 Å². The van der Waals surface area contributed by atoms with Gasteiger partial charge in [0.05, 0.1) is 15.1 Å². The van der Waals surface area contributed by atoms with Crippen LogP contribution in [0.1, 0.15) is 10.5 Å². The first-order chi connectivity index (χ1) is 13.8. The lowest BCUT2D eigenvalue weighted by Crippen LogP contribution is -2.12. The summed E-state index contributed by atoms with van der Waals surface area (Å²) in [4.78, 5) is 21.3. The summed E-state index contributed by atoms with van der Waals surface area (Å²) in [6.07, 6.45) is 1.15. The van der Waals surface area contributed by atoms with Crippen molar-refractivity contribution < 1.29 is 13.2 Å². The molecule has 4 rings (SSSR count). The molecular formula is C18H13ClN4O3S3. The monoisotopic (exact) mass is 464 g/mol. The molecule has 0 bridgehead atoms. The molecule has 7 nitrogen and oxygen atoms in total. The van der Waals surface area contributed by atoms with E-state index in [0.717, 1.165) is 11.9 Å². The Morgan fingerprint density at radius 1 is 1.10 bits per heavy atom. The average Bonchev–Trinajstić information content (AvgIpc) is 3.26. The molecule has 2 aromatic carbocycles. The van der Waals surface area contributed by atoms with Gasteiger partial charge in [0.15, 0.2) is 20.1 Å². The van der Waals surface area contributed by atoms with Gasteiger partial charge >= 0.3 is 0 Å². The number of fused-ring (bicyclic) bond motifs is 1. The van der Waals surface area contributed by atoms with Crippen LogP contribution < -0.4 is 10.6 Å². The summed E-state index contributed by atoms with van der Waals surface area (Å²) in [5.74, 6) is -0.400. The number of hydrogen-bond acceptors (Lipinski definition) is 8. The van der Waals surface area contributed by atoms with E-state index in [4.69, 9.17) is 11.6 Å². The SMILES string of the molecule is CS(=O)(=O)c1ccc2nc(NC(=O)c3csc(Nc4cccc(Cl)c4)n3)sc2c1. The number of sulfone groups is 1. The van der Waals surface area contributed by atoms with Crippen molar-refractivity contribution in [1.82, 2.24) is 9.97 Å². The molecule has 0 saturated carbocycles. The fourth-order valence-electron chi connectivity index (χ4n) is 2.48. The summed E-state index contributed by atoms with van der Waals surface area (Å²) >= 11 is 8.45. The maximum atomic E-state index is 12.5. The van der Waals surface area contributed by atoms with Crippen LogP contribution in [0, 0.1) is 0 Å². The lowest BCUT2D eigenvalue weighted by molar-refractivity contribution is 0.102. The van der Waals surface area contributed by atoms with Gasteiger partial charge in [0, 0.05) is 22.3 Å². The van der Waals surface area contributed by atoms with Gasteiger partial charge in [0.1, 0.15) is 5.69 Å². The minimum Gasteiger partial charge on any atom is -0.331 e. The van der Waals surface area contributed by atoms with Crippen LogP contribution in [-0.2, 0) is 9.84 Å². The van der Waals surface area contributed by atoms with Crippen molar-refractivity contribution in [3.05, 3.63) is 58.6 Å². The fraction of sp³-hybridized carbons (Fsp3) is 0.0556. The Kier molecular flexibility index (Phi) is 5.26. The second-order valence-electron chi connectivity index (χ2n) is 6.05. The topological polar surface area (TPSA) is 101 Å². The molecule has 11 heteroatoms. The first kappa shape index (κ1) is 19.8. The van der Waals surface area contributed by atoms with Gasteiger partial charge in [-0.05, 0) is 36.4 Å². The van der Waals surface area contributed by atoms with Crippen molar-refractivity contribution in [3.8, 4) is 0 Å². The van der Waals surface area contributed by atoms with Gasteiger partial charge in [-0.15, -0.1) is 11.3 Å². The number of nitrogens with one attached hydrogen (secondary N) is 2. The zero-order chi connectivity index (χ0) is 20.6. The zero-order valence-corrected chi connectivity index (χ0v) is 18.0. The minimum atomic E-state index is -3.31. The molecule has 0 unspecified atom stereocenters. The van der Waals surface area contributed by atoms with Gasteiger partial charge in [-0.25, -0.2) is 18.4 Å². The molecule has 29 heavy (non-hydrogen) atoms. The van der Waals surface area contributed by atoms with E-state index in [-0.39, 0.29) is 10.6 Å². The third-order valence-electron chi connectivity index (χ3n) is 3.82. The Hall–Kier alpha value is -2.53. The van der Waals surface area contributed by atoms with Crippen LogP contribution in [0.3, 0.4) is 0 Å². The molecule has 2 N–H and O–H groups in total. The molecule has 4 aromatic rings. The molecule has 0 saturated heterocycles. The molecule has 0 radical (unpaired) electrons. The lowest BCUT2D eigenvalue weighted by Gasteiger charge is -2.02. The maximum Gasteiger partial charge on any atom is 0.276 e. The minimum absolute atomic E-state index is 0.211. The van der Waals surface area contributed by atoms with Crippen molar-refractivity contribution in [1.29, 1.82) is 0 Å². The number of halogens is 1. The van der Waals surface area contributed by atoms with Gasteiger partial charge in [0.25, 0.3) is 5.91 Å². The van der Waals surface area contributed by atoms with Crippen molar-refractivity contribution in [2.75, 3.05) is 16.9 Å². The Labute approximate surface area is 179 Å². The quantitative estimate of drug-likeness (QED) is 0.439. The highest BCUT2D eigenvalue weighted by atomic mass is 35.5. The smallest absolute Gasteiger partial charge is 0.276 e. The highest BCUT2D eigenvalue weighted by Crippen LogP contribution is 2.29. The van der Waals surface area contributed by atoms with Crippen molar-refractivity contribution >= 4 is 76.2 Å². The average molecular weight is 465 g/mol. The number of aromatic nitrogens is 2. The Bertz CT molecular complexity index is 1330. The van der Waals surface area contributed by atoms with Crippen LogP contribution in [-0.4, -0.2) is 30.5 Å². The van der Waals surface area contributed by atoms with Crippen molar-refractivity contribution in [2.24, 2.45) is 0 Å². The predicted molar refractivity (Wildman–Crippen MR) is 118 cm³/mol. The van der Waals surface area contributed by atoms with Crippen LogP contribution in [0.2, 0.25) is 5.02 Å². The molecule has 2 aromatic heterocycles. The van der Waals surface area contributed by atoms with Crippen LogP contribution in [0.5, 0.6) is 0 Å².